The summed E-state index contributed by atoms with van der Waals surface area (Å²) >= 11 is 0. The van der Waals surface area contributed by atoms with Gasteiger partial charge in [-0.3, -0.25) is 9.59 Å². The first-order valence-corrected chi connectivity index (χ1v) is 10.8. The van der Waals surface area contributed by atoms with E-state index < -0.39 is 36.1 Å². The summed E-state index contributed by atoms with van der Waals surface area (Å²) in [6.07, 6.45) is -0.688. The van der Waals surface area contributed by atoms with Gasteiger partial charge < -0.3 is 30.5 Å². The number of phenols is 2. The highest BCUT2D eigenvalue weighted by Crippen LogP contribution is 2.46. The number of aliphatic hydroxyl groups excluding tert-OH is 1. The lowest BCUT2D eigenvalue weighted by atomic mass is 9.77. The molecular formula is C24H25NO7. The molecule has 0 saturated carbocycles. The van der Waals surface area contributed by atoms with Crippen LogP contribution in [0.2, 0.25) is 0 Å². The molecule has 8 heteroatoms. The number of benzene rings is 2. The summed E-state index contributed by atoms with van der Waals surface area (Å²) in [7, 11) is 0. The van der Waals surface area contributed by atoms with E-state index in [9.17, 15) is 24.9 Å². The lowest BCUT2D eigenvalue weighted by molar-refractivity contribution is -0.239. The van der Waals surface area contributed by atoms with E-state index in [-0.39, 0.29) is 46.3 Å². The van der Waals surface area contributed by atoms with E-state index in [2.05, 4.69) is 0 Å². The number of ether oxygens (including phenoxy) is 2. The topological polar surface area (TPSA) is 139 Å². The van der Waals surface area contributed by atoms with Crippen molar-refractivity contribution >= 4 is 11.6 Å². The second kappa shape index (κ2) is 7.67. The van der Waals surface area contributed by atoms with Gasteiger partial charge in [0.1, 0.15) is 11.5 Å². The van der Waals surface area contributed by atoms with E-state index in [4.69, 9.17) is 15.2 Å². The third kappa shape index (κ3) is 3.14. The Morgan fingerprint density at radius 1 is 1.03 bits per heavy atom. The van der Waals surface area contributed by atoms with Crippen LogP contribution in [0.1, 0.15) is 62.7 Å². The molecule has 168 valence electrons. The highest BCUT2D eigenvalue weighted by molar-refractivity contribution is 6.30. The fraction of sp³-hybridized carbons (Fsp3) is 0.417. The average molecular weight is 439 g/mol. The first-order valence-electron chi connectivity index (χ1n) is 10.8. The summed E-state index contributed by atoms with van der Waals surface area (Å²) in [4.78, 5) is 26.1. The molecular weight excluding hydrogens is 414 g/mol. The number of aromatic hydroxyl groups is 2. The van der Waals surface area contributed by atoms with Crippen LogP contribution >= 0.6 is 0 Å². The molecule has 5 atom stereocenters. The molecule has 2 aliphatic carbocycles. The molecule has 0 spiro atoms. The number of aliphatic hydroxyl groups is 1. The Balaban J connectivity index is 1.47. The van der Waals surface area contributed by atoms with E-state index in [1.807, 2.05) is 0 Å². The molecule has 8 nitrogen and oxygen atoms in total. The fourth-order valence-corrected chi connectivity index (χ4v) is 5.04. The fourth-order valence-electron chi connectivity index (χ4n) is 5.04. The smallest absolute Gasteiger partial charge is 0.198 e. The Hall–Kier alpha value is -2.78. The molecule has 1 fully saturated rings. The molecule has 5 rings (SSSR count). The zero-order chi connectivity index (χ0) is 22.7. The van der Waals surface area contributed by atoms with Crippen LogP contribution in [0.25, 0.3) is 0 Å². The Morgan fingerprint density at radius 2 is 1.62 bits per heavy atom. The predicted octanol–water partition coefficient (Wildman–Crippen LogP) is 1.57. The second-order valence-corrected chi connectivity index (χ2v) is 8.77. The summed E-state index contributed by atoms with van der Waals surface area (Å²) in [6, 6.07) is 5.93. The van der Waals surface area contributed by atoms with E-state index >= 15 is 0 Å². The summed E-state index contributed by atoms with van der Waals surface area (Å²) < 4.78 is 11.8. The van der Waals surface area contributed by atoms with Crippen LogP contribution in [0, 0.1) is 0 Å². The highest BCUT2D eigenvalue weighted by Gasteiger charge is 2.40. The number of ketones is 2. The standard InChI is InChI=1S/C24H25NO7/c1-10-20(26)16(25)9-17(31-10)32-11-6-7-14-15(8-11)24(30)19-18(23(14)29)21(27)12-4-2-3-5-13(12)22(19)28/h2-5,10-11,16-17,20,26,29-30H,6-9,25H2,1H3/t10-,11-,16-,17+,20-/m1/s1. The zero-order valence-electron chi connectivity index (χ0n) is 17.6. The maximum Gasteiger partial charge on any atom is 0.198 e. The van der Waals surface area contributed by atoms with Crippen molar-refractivity contribution in [2.75, 3.05) is 0 Å². The van der Waals surface area contributed by atoms with Gasteiger partial charge in [0.2, 0.25) is 0 Å². The molecule has 1 heterocycles. The maximum absolute atomic E-state index is 13.1. The zero-order valence-corrected chi connectivity index (χ0v) is 17.6. The van der Waals surface area contributed by atoms with Gasteiger partial charge in [0, 0.05) is 41.1 Å². The molecule has 32 heavy (non-hydrogen) atoms. The molecule has 0 amide bonds. The van der Waals surface area contributed by atoms with Gasteiger partial charge in [-0.05, 0) is 19.8 Å². The number of phenolic OH excluding ortho intramolecular Hbond substituents is 2. The van der Waals surface area contributed by atoms with Crippen molar-refractivity contribution in [2.45, 2.75) is 63.3 Å². The Labute approximate surface area is 184 Å². The van der Waals surface area contributed by atoms with Gasteiger partial charge in [-0.15, -0.1) is 0 Å². The average Bonchev–Trinajstić information content (AvgIpc) is 2.78. The lowest BCUT2D eigenvalue weighted by Crippen LogP contribution is -2.52. The van der Waals surface area contributed by atoms with Crippen LogP contribution < -0.4 is 5.73 Å². The molecule has 3 aliphatic rings. The molecule has 0 radical (unpaired) electrons. The van der Waals surface area contributed by atoms with Gasteiger partial charge in [-0.2, -0.15) is 0 Å². The molecule has 2 aromatic carbocycles. The Bertz CT molecular complexity index is 1120. The summed E-state index contributed by atoms with van der Waals surface area (Å²) in [5.74, 6) is -1.48. The van der Waals surface area contributed by atoms with Crippen LogP contribution in [0.5, 0.6) is 11.5 Å². The summed E-state index contributed by atoms with van der Waals surface area (Å²) in [5, 5.41) is 31.9. The third-order valence-electron chi connectivity index (χ3n) is 6.77. The van der Waals surface area contributed by atoms with Crippen LogP contribution in [0.15, 0.2) is 24.3 Å². The highest BCUT2D eigenvalue weighted by atomic mass is 16.7. The van der Waals surface area contributed by atoms with Crippen molar-refractivity contribution in [2.24, 2.45) is 5.73 Å². The summed E-state index contributed by atoms with van der Waals surface area (Å²) in [5.41, 5.74) is 6.99. The van der Waals surface area contributed by atoms with Crippen molar-refractivity contribution in [1.29, 1.82) is 0 Å². The van der Waals surface area contributed by atoms with Crippen LogP contribution in [-0.2, 0) is 22.3 Å². The van der Waals surface area contributed by atoms with E-state index in [1.165, 1.54) is 0 Å². The molecule has 2 aromatic rings. The molecule has 1 saturated heterocycles. The van der Waals surface area contributed by atoms with E-state index in [0.29, 0.717) is 30.4 Å². The molecule has 0 bridgehead atoms. The molecule has 0 unspecified atom stereocenters. The van der Waals surface area contributed by atoms with Crippen molar-refractivity contribution in [3.63, 3.8) is 0 Å². The number of hydrogen-bond acceptors (Lipinski definition) is 8. The van der Waals surface area contributed by atoms with Crippen molar-refractivity contribution in [1.82, 2.24) is 0 Å². The van der Waals surface area contributed by atoms with Crippen molar-refractivity contribution in [3.8, 4) is 11.5 Å². The van der Waals surface area contributed by atoms with Crippen LogP contribution in [-0.4, -0.2) is 57.5 Å². The first-order chi connectivity index (χ1) is 15.3. The van der Waals surface area contributed by atoms with Gasteiger partial charge >= 0.3 is 0 Å². The maximum atomic E-state index is 13.1. The third-order valence-corrected chi connectivity index (χ3v) is 6.77. The van der Waals surface area contributed by atoms with Gasteiger partial charge in [-0.25, -0.2) is 0 Å². The Kier molecular flexibility index (Phi) is 5.05. The molecule has 0 aromatic heterocycles. The van der Waals surface area contributed by atoms with E-state index in [1.54, 1.807) is 31.2 Å². The normalized spacial score (nSPS) is 29.3. The number of hydrogen-bond donors (Lipinski definition) is 4. The minimum atomic E-state index is -0.763. The molecule has 1 aliphatic heterocycles. The number of fused-ring (bicyclic) bond motifs is 3. The van der Waals surface area contributed by atoms with Gasteiger partial charge in [0.25, 0.3) is 0 Å². The minimum absolute atomic E-state index is 0.131. The monoisotopic (exact) mass is 439 g/mol. The van der Waals surface area contributed by atoms with Crippen molar-refractivity contribution < 1.29 is 34.4 Å². The van der Waals surface area contributed by atoms with Gasteiger partial charge in [-0.1, -0.05) is 24.3 Å². The number of nitrogens with two attached hydrogens (primary N) is 1. The van der Waals surface area contributed by atoms with Gasteiger partial charge in [0.15, 0.2) is 17.9 Å². The number of rotatable bonds is 2. The van der Waals surface area contributed by atoms with Crippen molar-refractivity contribution in [3.05, 3.63) is 57.6 Å². The van der Waals surface area contributed by atoms with Crippen LogP contribution in [0.4, 0.5) is 0 Å². The summed E-state index contributed by atoms with van der Waals surface area (Å²) in [6.45, 7) is 1.73. The van der Waals surface area contributed by atoms with E-state index in [0.717, 1.165) is 0 Å². The quantitative estimate of drug-likeness (QED) is 0.441. The largest absolute Gasteiger partial charge is 0.507 e. The Morgan fingerprint density at radius 3 is 2.22 bits per heavy atom. The minimum Gasteiger partial charge on any atom is -0.507 e. The molecule has 5 N–H and O–H groups in total. The van der Waals surface area contributed by atoms with Crippen LogP contribution in [0.3, 0.4) is 0 Å². The SMILES string of the molecule is C[C@H]1O[C@@H](O[C@@H]2CCc3c(O)c4c(c(O)c3C2)C(=O)c2ccccc2C4=O)C[C@@H](N)[C@@H]1O. The second-order valence-electron chi connectivity index (χ2n) is 8.77. The predicted molar refractivity (Wildman–Crippen MR) is 113 cm³/mol. The van der Waals surface area contributed by atoms with Gasteiger partial charge in [0.05, 0.1) is 29.4 Å². The number of carbonyl (C=O) groups excluding carboxylic acids is 2. The first kappa shape index (κ1) is 21.1. The number of carbonyl (C=O) groups is 2. The lowest BCUT2D eigenvalue weighted by Gasteiger charge is -2.38.